The van der Waals surface area contributed by atoms with Crippen LogP contribution in [-0.4, -0.2) is 9.78 Å². The molecule has 1 heterocycles. The highest BCUT2D eigenvalue weighted by Crippen LogP contribution is 2.36. The molecular formula is C8H10BrF3N2. The molecule has 0 aliphatic rings. The molecule has 0 N–H and O–H groups in total. The van der Waals surface area contributed by atoms with Crippen LogP contribution >= 0.6 is 15.9 Å². The number of hydrogen-bond donors (Lipinski definition) is 0. The van der Waals surface area contributed by atoms with E-state index in [4.69, 9.17) is 0 Å². The van der Waals surface area contributed by atoms with Gasteiger partial charge in [-0.15, -0.1) is 0 Å². The molecule has 0 aliphatic heterocycles. The molecule has 0 aliphatic carbocycles. The lowest BCUT2D eigenvalue weighted by Crippen LogP contribution is -2.09. The highest BCUT2D eigenvalue weighted by atomic mass is 79.9. The maximum atomic E-state index is 12.4. The van der Waals surface area contributed by atoms with Gasteiger partial charge in [0.2, 0.25) is 0 Å². The van der Waals surface area contributed by atoms with Gasteiger partial charge in [-0.1, -0.05) is 0 Å². The van der Waals surface area contributed by atoms with Gasteiger partial charge in [0.05, 0.1) is 10.2 Å². The summed E-state index contributed by atoms with van der Waals surface area (Å²) >= 11 is 2.90. The summed E-state index contributed by atoms with van der Waals surface area (Å²) < 4.78 is 38.6. The van der Waals surface area contributed by atoms with E-state index in [-0.39, 0.29) is 10.5 Å². The fraction of sp³-hybridized carbons (Fsp3) is 0.625. The smallest absolute Gasteiger partial charge is 0.266 e. The molecule has 1 aromatic rings. The van der Waals surface area contributed by atoms with Crippen LogP contribution in [0.2, 0.25) is 0 Å². The van der Waals surface area contributed by atoms with Gasteiger partial charge in [0, 0.05) is 6.04 Å². The van der Waals surface area contributed by atoms with Gasteiger partial charge >= 0.3 is 6.18 Å². The average Bonchev–Trinajstić information content (AvgIpc) is 2.28. The van der Waals surface area contributed by atoms with Crippen molar-refractivity contribution < 1.29 is 13.2 Å². The lowest BCUT2D eigenvalue weighted by atomic mass is 10.3. The molecule has 0 fully saturated rings. The van der Waals surface area contributed by atoms with Crippen molar-refractivity contribution in [3.05, 3.63) is 15.9 Å². The molecular weight excluding hydrogens is 261 g/mol. The van der Waals surface area contributed by atoms with Gasteiger partial charge in [0.15, 0.2) is 5.69 Å². The molecule has 1 rings (SSSR count). The molecule has 0 amide bonds. The van der Waals surface area contributed by atoms with Crippen LogP contribution in [0.4, 0.5) is 13.2 Å². The fourth-order valence-electron chi connectivity index (χ4n) is 1.18. The van der Waals surface area contributed by atoms with Gasteiger partial charge in [-0.3, -0.25) is 4.68 Å². The van der Waals surface area contributed by atoms with Gasteiger partial charge in [-0.2, -0.15) is 18.3 Å². The van der Waals surface area contributed by atoms with Gasteiger partial charge in [-0.25, -0.2) is 0 Å². The quantitative estimate of drug-likeness (QED) is 0.763. The van der Waals surface area contributed by atoms with E-state index in [0.717, 1.165) is 0 Å². The van der Waals surface area contributed by atoms with Crippen LogP contribution in [0.3, 0.4) is 0 Å². The van der Waals surface area contributed by atoms with E-state index < -0.39 is 11.9 Å². The van der Waals surface area contributed by atoms with E-state index >= 15 is 0 Å². The van der Waals surface area contributed by atoms with Crippen LogP contribution < -0.4 is 0 Å². The molecule has 0 saturated carbocycles. The predicted molar refractivity (Wildman–Crippen MR) is 50.1 cm³/mol. The Bertz CT molecular complexity index is 341. The minimum absolute atomic E-state index is 0.0266. The third-order valence-corrected chi connectivity index (χ3v) is 2.78. The van der Waals surface area contributed by atoms with Crippen LogP contribution in [0.5, 0.6) is 0 Å². The molecule has 14 heavy (non-hydrogen) atoms. The summed E-state index contributed by atoms with van der Waals surface area (Å²) in [4.78, 5) is 0. The summed E-state index contributed by atoms with van der Waals surface area (Å²) in [5.41, 5.74) is -0.365. The maximum Gasteiger partial charge on any atom is 0.436 e. The third kappa shape index (κ3) is 1.94. The van der Waals surface area contributed by atoms with Crippen molar-refractivity contribution in [2.45, 2.75) is 33.0 Å². The summed E-state index contributed by atoms with van der Waals surface area (Å²) in [6, 6.07) is -0.0811. The zero-order chi connectivity index (χ0) is 11.1. The first-order chi connectivity index (χ1) is 6.25. The first-order valence-corrected chi connectivity index (χ1v) is 4.86. The molecule has 0 aromatic carbocycles. The van der Waals surface area contributed by atoms with Crippen LogP contribution in [0.25, 0.3) is 0 Å². The number of alkyl halides is 3. The molecule has 0 spiro atoms. The number of rotatable bonds is 1. The molecule has 0 atom stereocenters. The molecule has 6 heteroatoms. The third-order valence-electron chi connectivity index (χ3n) is 1.83. The van der Waals surface area contributed by atoms with Crippen molar-refractivity contribution in [2.24, 2.45) is 0 Å². The van der Waals surface area contributed by atoms with Gasteiger partial charge in [-0.05, 0) is 36.7 Å². The normalized spacial score (nSPS) is 12.6. The van der Waals surface area contributed by atoms with Crippen molar-refractivity contribution >= 4 is 15.9 Å². The Labute approximate surface area is 88.2 Å². The molecule has 0 radical (unpaired) electrons. The number of hydrogen-bond acceptors (Lipinski definition) is 1. The lowest BCUT2D eigenvalue weighted by molar-refractivity contribution is -0.142. The van der Waals surface area contributed by atoms with E-state index in [1.807, 2.05) is 0 Å². The van der Waals surface area contributed by atoms with E-state index in [2.05, 4.69) is 21.0 Å². The topological polar surface area (TPSA) is 17.8 Å². The number of nitrogens with zero attached hydrogens (tertiary/aromatic N) is 2. The van der Waals surface area contributed by atoms with E-state index in [1.165, 1.54) is 4.68 Å². The van der Waals surface area contributed by atoms with Crippen LogP contribution in [0, 0.1) is 6.92 Å². The minimum Gasteiger partial charge on any atom is -0.266 e. The fourth-order valence-corrected chi connectivity index (χ4v) is 1.67. The Morgan fingerprint density at radius 3 is 2.07 bits per heavy atom. The second-order valence-electron chi connectivity index (χ2n) is 3.28. The van der Waals surface area contributed by atoms with E-state index in [0.29, 0.717) is 5.69 Å². The average molecular weight is 271 g/mol. The molecule has 0 bridgehead atoms. The minimum atomic E-state index is -4.40. The summed E-state index contributed by atoms with van der Waals surface area (Å²) in [7, 11) is 0. The van der Waals surface area contributed by atoms with Crippen molar-refractivity contribution in [1.29, 1.82) is 0 Å². The molecule has 0 saturated heterocycles. The van der Waals surface area contributed by atoms with E-state index in [1.54, 1.807) is 20.8 Å². The van der Waals surface area contributed by atoms with Gasteiger partial charge in [0.1, 0.15) is 0 Å². The first kappa shape index (κ1) is 11.6. The molecule has 1 aromatic heterocycles. The second kappa shape index (κ2) is 3.56. The Kier molecular flexibility index (Phi) is 2.94. The van der Waals surface area contributed by atoms with Crippen LogP contribution in [-0.2, 0) is 6.18 Å². The summed E-state index contributed by atoms with van der Waals surface area (Å²) in [5, 5.41) is 3.52. The monoisotopic (exact) mass is 270 g/mol. The van der Waals surface area contributed by atoms with Crippen molar-refractivity contribution in [1.82, 2.24) is 9.78 Å². The zero-order valence-electron chi connectivity index (χ0n) is 7.98. The SMILES string of the molecule is Cc1c(Br)c(C(F)(F)F)nn1C(C)C. The van der Waals surface area contributed by atoms with Crippen LogP contribution in [0.15, 0.2) is 4.47 Å². The molecule has 2 nitrogen and oxygen atoms in total. The predicted octanol–water partition coefficient (Wildman–Crippen LogP) is 3.55. The summed E-state index contributed by atoms with van der Waals surface area (Å²) in [6.45, 7) is 5.17. The summed E-state index contributed by atoms with van der Waals surface area (Å²) in [6.07, 6.45) is -4.40. The van der Waals surface area contributed by atoms with Gasteiger partial charge < -0.3 is 0 Å². The molecule has 0 unspecified atom stereocenters. The second-order valence-corrected chi connectivity index (χ2v) is 4.08. The number of aromatic nitrogens is 2. The highest BCUT2D eigenvalue weighted by molar-refractivity contribution is 9.10. The van der Waals surface area contributed by atoms with Crippen molar-refractivity contribution in [3.63, 3.8) is 0 Å². The number of halogens is 4. The van der Waals surface area contributed by atoms with Crippen molar-refractivity contribution in [3.8, 4) is 0 Å². The van der Waals surface area contributed by atoms with Crippen LogP contribution in [0.1, 0.15) is 31.3 Å². The summed E-state index contributed by atoms with van der Waals surface area (Å²) in [5.74, 6) is 0. The van der Waals surface area contributed by atoms with Gasteiger partial charge in [0.25, 0.3) is 0 Å². The Hall–Kier alpha value is -0.520. The Balaban J connectivity index is 3.29. The standard InChI is InChI=1S/C8H10BrF3N2/c1-4(2)14-5(3)6(9)7(13-14)8(10,11)12/h4H,1-3H3. The first-order valence-electron chi connectivity index (χ1n) is 4.07. The Morgan fingerprint density at radius 1 is 1.36 bits per heavy atom. The van der Waals surface area contributed by atoms with Crippen molar-refractivity contribution in [2.75, 3.05) is 0 Å². The lowest BCUT2D eigenvalue weighted by Gasteiger charge is -2.07. The highest BCUT2D eigenvalue weighted by Gasteiger charge is 2.38. The molecule has 80 valence electrons. The Morgan fingerprint density at radius 2 is 1.86 bits per heavy atom. The largest absolute Gasteiger partial charge is 0.436 e. The van der Waals surface area contributed by atoms with E-state index in [9.17, 15) is 13.2 Å². The zero-order valence-corrected chi connectivity index (χ0v) is 9.57. The maximum absolute atomic E-state index is 12.4.